The molecule has 2 heterocycles. The molecule has 1 aliphatic rings. The fraction of sp³-hybridized carbons (Fsp3) is 0.455. The fourth-order valence-corrected chi connectivity index (χ4v) is 3.40. The maximum atomic E-state index is 4.33. The standard InChI is InChI=1S/C22H31N5/c1-18-9-12-27(13-10-18)17-20-7-5-6-19(14-20)15-25-22(23-2)26-16-21-8-3-4-11-24-21/h3-8,11,14,18H,9-10,12-13,15-17H2,1-2H3,(H2,23,25,26). The highest BCUT2D eigenvalue weighted by atomic mass is 15.2. The van der Waals surface area contributed by atoms with Gasteiger partial charge in [-0.2, -0.15) is 0 Å². The number of piperidine rings is 1. The number of aliphatic imine (C=N–C) groups is 1. The molecule has 2 aromatic rings. The van der Waals surface area contributed by atoms with Gasteiger partial charge in [0.25, 0.3) is 0 Å². The smallest absolute Gasteiger partial charge is 0.191 e. The van der Waals surface area contributed by atoms with Crippen LogP contribution in [0.25, 0.3) is 0 Å². The van der Waals surface area contributed by atoms with Crippen LogP contribution in [0.3, 0.4) is 0 Å². The lowest BCUT2D eigenvalue weighted by Crippen LogP contribution is -2.36. The van der Waals surface area contributed by atoms with E-state index in [1.54, 1.807) is 7.05 Å². The Morgan fingerprint density at radius 2 is 1.85 bits per heavy atom. The van der Waals surface area contributed by atoms with E-state index >= 15 is 0 Å². The minimum atomic E-state index is 0.661. The average Bonchev–Trinajstić information content (AvgIpc) is 2.71. The first kappa shape index (κ1) is 19.4. The zero-order valence-corrected chi connectivity index (χ0v) is 16.5. The van der Waals surface area contributed by atoms with Crippen LogP contribution in [0.1, 0.15) is 36.6 Å². The van der Waals surface area contributed by atoms with Crippen molar-refractivity contribution in [2.45, 2.75) is 39.4 Å². The van der Waals surface area contributed by atoms with E-state index in [2.05, 4.69) is 56.7 Å². The lowest BCUT2D eigenvalue weighted by molar-refractivity contribution is 0.185. The Morgan fingerprint density at radius 1 is 1.07 bits per heavy atom. The van der Waals surface area contributed by atoms with Gasteiger partial charge in [0.15, 0.2) is 5.96 Å². The highest BCUT2D eigenvalue weighted by Gasteiger charge is 2.15. The number of rotatable bonds is 6. The summed E-state index contributed by atoms with van der Waals surface area (Å²) in [5.41, 5.74) is 3.66. The van der Waals surface area contributed by atoms with E-state index < -0.39 is 0 Å². The topological polar surface area (TPSA) is 52.6 Å². The van der Waals surface area contributed by atoms with Gasteiger partial charge in [-0.15, -0.1) is 0 Å². The van der Waals surface area contributed by atoms with Crippen molar-refractivity contribution in [2.75, 3.05) is 20.1 Å². The number of likely N-dealkylation sites (tertiary alicyclic amines) is 1. The van der Waals surface area contributed by atoms with Gasteiger partial charge in [-0.25, -0.2) is 0 Å². The predicted molar refractivity (Wildman–Crippen MR) is 111 cm³/mol. The van der Waals surface area contributed by atoms with Crippen molar-refractivity contribution in [3.05, 3.63) is 65.5 Å². The molecule has 144 valence electrons. The van der Waals surface area contributed by atoms with Gasteiger partial charge in [0.2, 0.25) is 0 Å². The molecule has 0 amide bonds. The molecule has 0 radical (unpaired) electrons. The summed E-state index contributed by atoms with van der Waals surface area (Å²) in [7, 11) is 1.79. The van der Waals surface area contributed by atoms with E-state index in [0.717, 1.165) is 30.7 Å². The largest absolute Gasteiger partial charge is 0.352 e. The molecule has 1 aliphatic heterocycles. The summed E-state index contributed by atoms with van der Waals surface area (Å²) < 4.78 is 0. The minimum absolute atomic E-state index is 0.661. The van der Waals surface area contributed by atoms with Crippen LogP contribution >= 0.6 is 0 Å². The SMILES string of the molecule is CN=C(NCc1cccc(CN2CCC(C)CC2)c1)NCc1ccccn1. The highest BCUT2D eigenvalue weighted by molar-refractivity contribution is 5.79. The maximum absolute atomic E-state index is 4.33. The second kappa shape index (κ2) is 10.1. The summed E-state index contributed by atoms with van der Waals surface area (Å²) in [6, 6.07) is 14.8. The first-order valence-electron chi connectivity index (χ1n) is 9.87. The second-order valence-electron chi connectivity index (χ2n) is 7.38. The molecule has 5 nitrogen and oxygen atoms in total. The van der Waals surface area contributed by atoms with E-state index in [4.69, 9.17) is 0 Å². The molecule has 5 heteroatoms. The van der Waals surface area contributed by atoms with Crippen molar-refractivity contribution >= 4 is 5.96 Å². The Morgan fingerprint density at radius 3 is 2.59 bits per heavy atom. The normalized spacial score (nSPS) is 16.3. The minimum Gasteiger partial charge on any atom is -0.352 e. The van der Waals surface area contributed by atoms with Crippen LogP contribution in [0.2, 0.25) is 0 Å². The molecule has 0 bridgehead atoms. The van der Waals surface area contributed by atoms with Gasteiger partial charge in [0.05, 0.1) is 12.2 Å². The Balaban J connectivity index is 1.48. The summed E-state index contributed by atoms with van der Waals surface area (Å²) in [6.45, 7) is 7.26. The molecular weight excluding hydrogens is 334 g/mol. The zero-order chi connectivity index (χ0) is 18.9. The van der Waals surface area contributed by atoms with E-state index in [1.807, 2.05) is 24.4 Å². The molecule has 0 unspecified atom stereocenters. The fourth-order valence-electron chi connectivity index (χ4n) is 3.40. The number of aromatic nitrogens is 1. The molecule has 2 N–H and O–H groups in total. The van der Waals surface area contributed by atoms with E-state index in [0.29, 0.717) is 6.54 Å². The summed E-state index contributed by atoms with van der Waals surface area (Å²) in [5.74, 6) is 1.66. The molecule has 1 saturated heterocycles. The van der Waals surface area contributed by atoms with Crippen LogP contribution in [-0.2, 0) is 19.6 Å². The number of nitrogens with one attached hydrogen (secondary N) is 2. The molecule has 0 aliphatic carbocycles. The van der Waals surface area contributed by atoms with E-state index in [9.17, 15) is 0 Å². The molecule has 1 aromatic heterocycles. The lowest BCUT2D eigenvalue weighted by atomic mass is 9.98. The molecule has 0 spiro atoms. The van der Waals surface area contributed by atoms with Crippen LogP contribution in [0.4, 0.5) is 0 Å². The number of hydrogen-bond acceptors (Lipinski definition) is 3. The number of pyridine rings is 1. The van der Waals surface area contributed by atoms with Crippen molar-refractivity contribution in [1.29, 1.82) is 0 Å². The summed E-state index contributed by atoms with van der Waals surface area (Å²) in [4.78, 5) is 11.2. The van der Waals surface area contributed by atoms with Crippen molar-refractivity contribution in [3.8, 4) is 0 Å². The van der Waals surface area contributed by atoms with Gasteiger partial charge in [-0.1, -0.05) is 37.3 Å². The summed E-state index contributed by atoms with van der Waals surface area (Å²) in [5, 5.41) is 6.70. The quantitative estimate of drug-likeness (QED) is 0.610. The third-order valence-electron chi connectivity index (χ3n) is 5.12. The average molecular weight is 366 g/mol. The lowest BCUT2D eigenvalue weighted by Gasteiger charge is -2.30. The summed E-state index contributed by atoms with van der Waals surface area (Å²) in [6.07, 6.45) is 4.45. The van der Waals surface area contributed by atoms with Gasteiger partial charge in [0, 0.05) is 26.3 Å². The number of guanidine groups is 1. The monoisotopic (exact) mass is 365 g/mol. The number of nitrogens with zero attached hydrogens (tertiary/aromatic N) is 3. The Labute approximate surface area is 162 Å². The Hall–Kier alpha value is -2.40. The van der Waals surface area contributed by atoms with Crippen molar-refractivity contribution < 1.29 is 0 Å². The van der Waals surface area contributed by atoms with Gasteiger partial charge >= 0.3 is 0 Å². The first-order valence-corrected chi connectivity index (χ1v) is 9.87. The molecule has 27 heavy (non-hydrogen) atoms. The van der Waals surface area contributed by atoms with Crippen molar-refractivity contribution in [2.24, 2.45) is 10.9 Å². The highest BCUT2D eigenvalue weighted by Crippen LogP contribution is 2.18. The molecule has 0 saturated carbocycles. The maximum Gasteiger partial charge on any atom is 0.191 e. The predicted octanol–water partition coefficient (Wildman–Crippen LogP) is 3.18. The van der Waals surface area contributed by atoms with Crippen LogP contribution in [0, 0.1) is 5.92 Å². The van der Waals surface area contributed by atoms with Gasteiger partial charge in [-0.05, 0) is 55.1 Å². The van der Waals surface area contributed by atoms with Crippen LogP contribution in [0.5, 0.6) is 0 Å². The zero-order valence-electron chi connectivity index (χ0n) is 16.5. The second-order valence-corrected chi connectivity index (χ2v) is 7.38. The van der Waals surface area contributed by atoms with Crippen LogP contribution in [0.15, 0.2) is 53.7 Å². The third-order valence-corrected chi connectivity index (χ3v) is 5.12. The van der Waals surface area contributed by atoms with Gasteiger partial charge in [0.1, 0.15) is 0 Å². The van der Waals surface area contributed by atoms with Gasteiger partial charge in [-0.3, -0.25) is 14.9 Å². The van der Waals surface area contributed by atoms with Gasteiger partial charge < -0.3 is 10.6 Å². The van der Waals surface area contributed by atoms with E-state index in [1.165, 1.54) is 37.1 Å². The third kappa shape index (κ3) is 6.36. The Bertz CT molecular complexity index is 720. The summed E-state index contributed by atoms with van der Waals surface area (Å²) >= 11 is 0. The molecule has 1 fully saturated rings. The van der Waals surface area contributed by atoms with E-state index in [-0.39, 0.29) is 0 Å². The van der Waals surface area contributed by atoms with Crippen LogP contribution in [-0.4, -0.2) is 36.0 Å². The number of benzene rings is 1. The van der Waals surface area contributed by atoms with Crippen LogP contribution < -0.4 is 10.6 Å². The molecule has 0 atom stereocenters. The van der Waals surface area contributed by atoms with Crippen molar-refractivity contribution in [1.82, 2.24) is 20.5 Å². The first-order chi connectivity index (χ1) is 13.2. The molecule has 1 aromatic carbocycles. The molecular formula is C22H31N5. The number of hydrogen-bond donors (Lipinski definition) is 2. The molecule has 3 rings (SSSR count). The Kier molecular flexibility index (Phi) is 7.22. The van der Waals surface area contributed by atoms with Crippen molar-refractivity contribution in [3.63, 3.8) is 0 Å².